The van der Waals surface area contributed by atoms with Crippen LogP contribution in [-0.4, -0.2) is 35.7 Å². The van der Waals surface area contributed by atoms with Crippen LogP contribution < -0.4 is 10.6 Å². The number of ether oxygens (including phenoxy) is 1. The van der Waals surface area contributed by atoms with Crippen molar-refractivity contribution in [3.8, 4) is 0 Å². The van der Waals surface area contributed by atoms with Crippen LogP contribution in [0.4, 0.5) is 16.2 Å². The number of hydrogen-bond donors (Lipinski definition) is 4. The van der Waals surface area contributed by atoms with E-state index in [1.807, 2.05) is 95.3 Å². The number of anilines is 2. The molecule has 0 aliphatic rings. The van der Waals surface area contributed by atoms with Gasteiger partial charge in [0.1, 0.15) is 12.8 Å². The first-order chi connectivity index (χ1) is 16.6. The van der Waals surface area contributed by atoms with Crippen molar-refractivity contribution in [2.45, 2.75) is 68.0 Å². The number of benzene rings is 2. The van der Waals surface area contributed by atoms with Crippen molar-refractivity contribution < 1.29 is 19.7 Å². The average molecular weight is 487 g/mol. The maximum Gasteiger partial charge on any atom is 0.411 e. The zero-order valence-corrected chi connectivity index (χ0v) is 22.8. The molecule has 0 bridgehead atoms. The SMILES string of the molecule is CC.CC(C)C.CC=CC(C)(C)C(O)Nc1ccc(Cc2ccc(NC(=O)OCCO)cc2)cc1. The third-order valence-electron chi connectivity index (χ3n) is 4.49. The average Bonchev–Trinajstić information content (AvgIpc) is 2.81. The molecule has 0 spiro atoms. The number of aliphatic hydroxyl groups excluding tert-OH is 2. The molecule has 196 valence electrons. The highest BCUT2D eigenvalue weighted by Gasteiger charge is 2.24. The van der Waals surface area contributed by atoms with Crippen molar-refractivity contribution >= 4 is 17.5 Å². The van der Waals surface area contributed by atoms with Gasteiger partial charge in [-0.3, -0.25) is 5.32 Å². The lowest BCUT2D eigenvalue weighted by atomic mass is 9.90. The molecule has 0 aliphatic heterocycles. The standard InChI is InChI=1S/C23H30N2O4.C4H10.C2H6/c1-4-13-23(2,3)21(27)24-19-9-5-17(6-10-19)16-18-7-11-20(12-8-18)25-22(28)29-15-14-26;1-4(2)3;1-2/h4-13,21,24,26-27H,14-16H2,1-3H3,(H,25,28);4H,1-3H3;1-2H3. The van der Waals surface area contributed by atoms with E-state index >= 15 is 0 Å². The van der Waals surface area contributed by atoms with Crippen LogP contribution in [0.15, 0.2) is 60.7 Å². The van der Waals surface area contributed by atoms with E-state index in [9.17, 15) is 9.90 Å². The molecule has 1 atom stereocenters. The van der Waals surface area contributed by atoms with E-state index in [0.29, 0.717) is 5.69 Å². The third-order valence-corrected chi connectivity index (χ3v) is 4.49. The summed E-state index contributed by atoms with van der Waals surface area (Å²) in [5, 5.41) is 24.8. The van der Waals surface area contributed by atoms with Crippen LogP contribution in [0.2, 0.25) is 0 Å². The maximum atomic E-state index is 11.5. The molecule has 0 heterocycles. The first-order valence-corrected chi connectivity index (χ1v) is 12.4. The molecule has 2 aromatic carbocycles. The Bertz CT molecular complexity index is 841. The largest absolute Gasteiger partial charge is 0.447 e. The van der Waals surface area contributed by atoms with Gasteiger partial charge in [0, 0.05) is 16.8 Å². The lowest BCUT2D eigenvalue weighted by Crippen LogP contribution is -2.34. The molecule has 0 saturated carbocycles. The van der Waals surface area contributed by atoms with Gasteiger partial charge < -0.3 is 20.3 Å². The van der Waals surface area contributed by atoms with E-state index < -0.39 is 12.3 Å². The van der Waals surface area contributed by atoms with Gasteiger partial charge in [0.25, 0.3) is 0 Å². The lowest BCUT2D eigenvalue weighted by Gasteiger charge is -2.28. The van der Waals surface area contributed by atoms with Crippen molar-refractivity contribution in [3.05, 3.63) is 71.8 Å². The summed E-state index contributed by atoms with van der Waals surface area (Å²) in [5.74, 6) is 0.833. The summed E-state index contributed by atoms with van der Waals surface area (Å²) in [6.45, 7) is 16.2. The summed E-state index contributed by atoms with van der Waals surface area (Å²) in [6.07, 6.45) is 3.39. The van der Waals surface area contributed by atoms with Crippen LogP contribution in [0.25, 0.3) is 0 Å². The summed E-state index contributed by atoms with van der Waals surface area (Å²) in [7, 11) is 0. The topological polar surface area (TPSA) is 90.8 Å². The minimum atomic E-state index is -0.686. The minimum Gasteiger partial charge on any atom is -0.447 e. The Hall–Kier alpha value is -2.83. The van der Waals surface area contributed by atoms with Gasteiger partial charge in [-0.15, -0.1) is 0 Å². The van der Waals surface area contributed by atoms with Crippen LogP contribution in [0.3, 0.4) is 0 Å². The van der Waals surface area contributed by atoms with Gasteiger partial charge in [0.05, 0.1) is 6.61 Å². The normalized spacial score (nSPS) is 11.6. The van der Waals surface area contributed by atoms with Gasteiger partial charge in [-0.1, -0.05) is 84.9 Å². The summed E-state index contributed by atoms with van der Waals surface area (Å²) < 4.78 is 4.77. The van der Waals surface area contributed by atoms with E-state index in [-0.39, 0.29) is 18.6 Å². The Labute approximate surface area is 212 Å². The Kier molecular flexibility index (Phi) is 16.2. The minimum absolute atomic E-state index is 0.0292. The van der Waals surface area contributed by atoms with Gasteiger partial charge >= 0.3 is 6.09 Å². The molecule has 2 rings (SSSR count). The molecule has 4 N–H and O–H groups in total. The second-order valence-corrected chi connectivity index (χ2v) is 9.16. The van der Waals surface area contributed by atoms with E-state index in [1.165, 1.54) is 0 Å². The fraction of sp³-hybridized carbons (Fsp3) is 0.483. The number of amides is 1. The monoisotopic (exact) mass is 486 g/mol. The molecule has 6 nitrogen and oxygen atoms in total. The van der Waals surface area contributed by atoms with Crippen molar-refractivity contribution in [1.82, 2.24) is 0 Å². The number of nitrogens with one attached hydrogen (secondary N) is 2. The third kappa shape index (κ3) is 14.2. The van der Waals surface area contributed by atoms with Gasteiger partial charge in [-0.2, -0.15) is 0 Å². The molecule has 35 heavy (non-hydrogen) atoms. The molecule has 6 heteroatoms. The Morgan fingerprint density at radius 2 is 1.43 bits per heavy atom. The fourth-order valence-corrected chi connectivity index (χ4v) is 2.82. The number of rotatable bonds is 9. The number of carbonyl (C=O) groups excluding carboxylic acids is 1. The molecule has 0 aliphatic carbocycles. The summed E-state index contributed by atoms with van der Waals surface area (Å²) >= 11 is 0. The molecule has 1 amide bonds. The Morgan fingerprint density at radius 1 is 0.971 bits per heavy atom. The molecule has 2 aromatic rings. The highest BCUT2D eigenvalue weighted by Crippen LogP contribution is 2.24. The summed E-state index contributed by atoms with van der Waals surface area (Å²) in [4.78, 5) is 11.5. The van der Waals surface area contributed by atoms with E-state index in [4.69, 9.17) is 9.84 Å². The van der Waals surface area contributed by atoms with E-state index in [1.54, 1.807) is 0 Å². The Morgan fingerprint density at radius 3 is 1.86 bits per heavy atom. The first-order valence-electron chi connectivity index (χ1n) is 12.4. The molecule has 1 unspecified atom stereocenters. The summed E-state index contributed by atoms with van der Waals surface area (Å²) in [5.41, 5.74) is 3.37. The van der Waals surface area contributed by atoms with Crippen LogP contribution in [0, 0.1) is 11.3 Å². The predicted octanol–water partition coefficient (Wildman–Crippen LogP) is 6.84. The van der Waals surface area contributed by atoms with Gasteiger partial charge in [0.15, 0.2) is 0 Å². The number of hydrogen-bond acceptors (Lipinski definition) is 5. The molecule has 0 saturated heterocycles. The maximum absolute atomic E-state index is 11.5. The smallest absolute Gasteiger partial charge is 0.411 e. The predicted molar refractivity (Wildman–Crippen MR) is 148 cm³/mol. The van der Waals surface area contributed by atoms with Crippen molar-refractivity contribution in [3.63, 3.8) is 0 Å². The molecule has 0 fully saturated rings. The molecule has 0 aromatic heterocycles. The second kappa shape index (κ2) is 17.6. The number of carbonyl (C=O) groups is 1. The van der Waals surface area contributed by atoms with Crippen LogP contribution in [-0.2, 0) is 11.2 Å². The van der Waals surface area contributed by atoms with Gasteiger partial charge in [0.2, 0.25) is 0 Å². The van der Waals surface area contributed by atoms with Gasteiger partial charge in [-0.05, 0) is 54.7 Å². The first kappa shape index (κ1) is 32.2. The van der Waals surface area contributed by atoms with Crippen molar-refractivity contribution in [1.29, 1.82) is 0 Å². The quantitative estimate of drug-likeness (QED) is 0.230. The van der Waals surface area contributed by atoms with Crippen LogP contribution in [0.5, 0.6) is 0 Å². The van der Waals surface area contributed by atoms with Gasteiger partial charge in [-0.25, -0.2) is 4.79 Å². The molecular weight excluding hydrogens is 440 g/mol. The zero-order valence-electron chi connectivity index (χ0n) is 22.8. The van der Waals surface area contributed by atoms with E-state index in [0.717, 1.165) is 29.2 Å². The highest BCUT2D eigenvalue weighted by atomic mass is 16.6. The molecular formula is C29H46N2O4. The number of aliphatic hydroxyl groups is 2. The van der Waals surface area contributed by atoms with Crippen molar-refractivity contribution in [2.24, 2.45) is 11.3 Å². The number of allylic oxidation sites excluding steroid dienone is 1. The van der Waals surface area contributed by atoms with Crippen molar-refractivity contribution in [2.75, 3.05) is 23.8 Å². The van der Waals surface area contributed by atoms with Crippen LogP contribution in [0.1, 0.15) is 66.5 Å². The van der Waals surface area contributed by atoms with Crippen LogP contribution >= 0.6 is 0 Å². The molecule has 0 radical (unpaired) electrons. The highest BCUT2D eigenvalue weighted by molar-refractivity contribution is 5.84. The fourth-order valence-electron chi connectivity index (χ4n) is 2.82. The van der Waals surface area contributed by atoms with E-state index in [2.05, 4.69) is 31.4 Å². The summed E-state index contributed by atoms with van der Waals surface area (Å²) in [6, 6.07) is 15.5. The Balaban J connectivity index is 0.00000174. The zero-order chi connectivity index (χ0) is 26.9. The lowest BCUT2D eigenvalue weighted by molar-refractivity contribution is 0.108. The second-order valence-electron chi connectivity index (χ2n) is 9.16.